The summed E-state index contributed by atoms with van der Waals surface area (Å²) in [5.74, 6) is -0.923. The molecule has 0 aliphatic rings. The van der Waals surface area contributed by atoms with E-state index in [0.717, 1.165) is 11.1 Å². The Morgan fingerprint density at radius 3 is 2.53 bits per heavy atom. The number of carboxylic acids is 1. The lowest BCUT2D eigenvalue weighted by atomic mass is 10.2. The number of carbonyl (C=O) groups is 1. The largest absolute Gasteiger partial charge is 0.477 e. The van der Waals surface area contributed by atoms with Crippen molar-refractivity contribution < 1.29 is 9.90 Å². The molecule has 78 valence electrons. The van der Waals surface area contributed by atoms with Gasteiger partial charge in [-0.1, -0.05) is 0 Å². The van der Waals surface area contributed by atoms with Crippen molar-refractivity contribution in [2.45, 2.75) is 0 Å². The molecule has 5 heteroatoms. The van der Waals surface area contributed by atoms with Crippen LogP contribution in [0.25, 0.3) is 11.1 Å². The Morgan fingerprint density at radius 2 is 2.07 bits per heavy atom. The Hall–Kier alpha value is -2.04. The van der Waals surface area contributed by atoms with Crippen LogP contribution in [0.15, 0.2) is 24.7 Å². The first-order valence-electron chi connectivity index (χ1n) is 4.46. The average molecular weight is 205 g/mol. The zero-order valence-electron chi connectivity index (χ0n) is 8.51. The molecule has 0 bridgehead atoms. The molecule has 0 amide bonds. The van der Waals surface area contributed by atoms with Gasteiger partial charge in [-0.3, -0.25) is 4.68 Å². The van der Waals surface area contributed by atoms with Crippen molar-refractivity contribution in [1.29, 1.82) is 0 Å². The summed E-state index contributed by atoms with van der Waals surface area (Å²) in [5, 5.41) is 12.9. The summed E-state index contributed by atoms with van der Waals surface area (Å²) >= 11 is 0. The van der Waals surface area contributed by atoms with E-state index in [2.05, 4.69) is 5.10 Å². The number of aromatic nitrogens is 3. The highest BCUT2D eigenvalue weighted by atomic mass is 16.4. The molecule has 2 rings (SSSR count). The maximum absolute atomic E-state index is 10.8. The number of hydrogen-bond acceptors (Lipinski definition) is 2. The first-order chi connectivity index (χ1) is 7.08. The van der Waals surface area contributed by atoms with Crippen molar-refractivity contribution in [1.82, 2.24) is 14.3 Å². The van der Waals surface area contributed by atoms with Crippen molar-refractivity contribution in [2.75, 3.05) is 0 Å². The van der Waals surface area contributed by atoms with Crippen molar-refractivity contribution in [3.8, 4) is 11.1 Å². The van der Waals surface area contributed by atoms with Gasteiger partial charge in [0.05, 0.1) is 6.20 Å². The van der Waals surface area contributed by atoms with Crippen molar-refractivity contribution >= 4 is 5.97 Å². The van der Waals surface area contributed by atoms with E-state index < -0.39 is 5.97 Å². The van der Waals surface area contributed by atoms with Gasteiger partial charge in [-0.05, 0) is 6.07 Å². The minimum absolute atomic E-state index is 0.272. The van der Waals surface area contributed by atoms with E-state index in [1.54, 1.807) is 34.8 Å². The smallest absolute Gasteiger partial charge is 0.352 e. The lowest BCUT2D eigenvalue weighted by Gasteiger charge is -1.93. The SMILES string of the molecule is Cn1cc(-c2cc(C(=O)O)n(C)c2)cn1. The van der Waals surface area contributed by atoms with E-state index in [-0.39, 0.29) is 5.69 Å². The third-order valence-corrected chi connectivity index (χ3v) is 2.26. The second-order valence-corrected chi connectivity index (χ2v) is 3.43. The summed E-state index contributed by atoms with van der Waals surface area (Å²) in [6, 6.07) is 1.64. The molecule has 0 atom stereocenters. The standard InChI is InChI=1S/C10H11N3O2/c1-12-5-7(3-9(12)10(14)15)8-4-11-13(2)6-8/h3-6H,1-2H3,(H,14,15). The van der Waals surface area contributed by atoms with Crippen LogP contribution in [0.3, 0.4) is 0 Å². The molecule has 2 aromatic rings. The maximum Gasteiger partial charge on any atom is 0.352 e. The third-order valence-electron chi connectivity index (χ3n) is 2.26. The molecule has 0 saturated heterocycles. The van der Waals surface area contributed by atoms with Crippen LogP contribution in [0.2, 0.25) is 0 Å². The average Bonchev–Trinajstić information content (AvgIpc) is 2.71. The second-order valence-electron chi connectivity index (χ2n) is 3.43. The molecule has 0 spiro atoms. The summed E-state index contributed by atoms with van der Waals surface area (Å²) in [4.78, 5) is 10.8. The van der Waals surface area contributed by atoms with Gasteiger partial charge >= 0.3 is 5.97 Å². The fourth-order valence-corrected chi connectivity index (χ4v) is 1.51. The van der Waals surface area contributed by atoms with Gasteiger partial charge in [-0.2, -0.15) is 5.10 Å². The zero-order valence-corrected chi connectivity index (χ0v) is 8.51. The number of aromatic carboxylic acids is 1. The predicted octanol–water partition coefficient (Wildman–Crippen LogP) is 1.12. The van der Waals surface area contributed by atoms with Crippen molar-refractivity contribution in [3.05, 3.63) is 30.4 Å². The summed E-state index contributed by atoms with van der Waals surface area (Å²) in [6.07, 6.45) is 5.34. The Kier molecular flexibility index (Phi) is 2.07. The van der Waals surface area contributed by atoms with Gasteiger partial charge < -0.3 is 9.67 Å². The lowest BCUT2D eigenvalue weighted by molar-refractivity contribution is 0.0686. The third kappa shape index (κ3) is 1.63. The molecule has 2 heterocycles. The van der Waals surface area contributed by atoms with Crippen LogP contribution in [0, 0.1) is 0 Å². The predicted molar refractivity (Wildman–Crippen MR) is 54.6 cm³/mol. The summed E-state index contributed by atoms with van der Waals surface area (Å²) in [5.41, 5.74) is 2.05. The molecule has 0 unspecified atom stereocenters. The Balaban J connectivity index is 2.46. The van der Waals surface area contributed by atoms with Crippen LogP contribution >= 0.6 is 0 Å². The van der Waals surface area contributed by atoms with E-state index in [1.807, 2.05) is 13.2 Å². The molecule has 2 aromatic heterocycles. The van der Waals surface area contributed by atoms with Crippen LogP contribution in [-0.4, -0.2) is 25.4 Å². The summed E-state index contributed by atoms with van der Waals surface area (Å²) in [7, 11) is 3.54. The molecule has 0 saturated carbocycles. The normalized spacial score (nSPS) is 10.5. The summed E-state index contributed by atoms with van der Waals surface area (Å²) < 4.78 is 3.27. The number of carboxylic acid groups (broad SMARTS) is 1. The van der Waals surface area contributed by atoms with Crippen LogP contribution < -0.4 is 0 Å². The van der Waals surface area contributed by atoms with Gasteiger partial charge in [0.2, 0.25) is 0 Å². The van der Waals surface area contributed by atoms with E-state index in [0.29, 0.717) is 0 Å². The van der Waals surface area contributed by atoms with Gasteiger partial charge in [-0.25, -0.2) is 4.79 Å². The van der Waals surface area contributed by atoms with Crippen molar-refractivity contribution in [2.24, 2.45) is 14.1 Å². The zero-order chi connectivity index (χ0) is 11.0. The van der Waals surface area contributed by atoms with E-state index in [9.17, 15) is 4.79 Å². The van der Waals surface area contributed by atoms with E-state index >= 15 is 0 Å². The maximum atomic E-state index is 10.8. The molecule has 15 heavy (non-hydrogen) atoms. The highest BCUT2D eigenvalue weighted by molar-refractivity contribution is 5.88. The minimum Gasteiger partial charge on any atom is -0.477 e. The quantitative estimate of drug-likeness (QED) is 0.799. The van der Waals surface area contributed by atoms with E-state index in [4.69, 9.17) is 5.11 Å². The molecule has 0 aliphatic heterocycles. The van der Waals surface area contributed by atoms with Crippen molar-refractivity contribution in [3.63, 3.8) is 0 Å². The number of nitrogens with zero attached hydrogens (tertiary/aromatic N) is 3. The van der Waals surface area contributed by atoms with Crippen LogP contribution in [-0.2, 0) is 14.1 Å². The first kappa shape index (κ1) is 9.51. The molecule has 0 fully saturated rings. The number of rotatable bonds is 2. The van der Waals surface area contributed by atoms with Gasteiger partial charge in [0, 0.05) is 37.6 Å². The molecule has 0 radical (unpaired) electrons. The summed E-state index contributed by atoms with van der Waals surface area (Å²) in [6.45, 7) is 0. The van der Waals surface area contributed by atoms with Gasteiger partial charge in [0.25, 0.3) is 0 Å². The molecular formula is C10H11N3O2. The second kappa shape index (κ2) is 3.27. The topological polar surface area (TPSA) is 60.1 Å². The first-order valence-corrected chi connectivity index (χ1v) is 4.46. The minimum atomic E-state index is -0.923. The number of aryl methyl sites for hydroxylation is 2. The Bertz CT molecular complexity index is 510. The Labute approximate surface area is 86.6 Å². The highest BCUT2D eigenvalue weighted by Crippen LogP contribution is 2.20. The molecule has 0 aromatic carbocycles. The molecular weight excluding hydrogens is 194 g/mol. The monoisotopic (exact) mass is 205 g/mol. The molecule has 1 N–H and O–H groups in total. The van der Waals surface area contributed by atoms with Gasteiger partial charge in [-0.15, -0.1) is 0 Å². The molecule has 0 aliphatic carbocycles. The Morgan fingerprint density at radius 1 is 1.33 bits per heavy atom. The van der Waals surface area contributed by atoms with Crippen LogP contribution in [0.4, 0.5) is 0 Å². The van der Waals surface area contributed by atoms with Gasteiger partial charge in [0.15, 0.2) is 0 Å². The van der Waals surface area contributed by atoms with Crippen LogP contribution in [0.1, 0.15) is 10.5 Å². The lowest BCUT2D eigenvalue weighted by Crippen LogP contribution is -2.02. The fraction of sp³-hybridized carbons (Fsp3) is 0.200. The van der Waals surface area contributed by atoms with Gasteiger partial charge in [0.1, 0.15) is 5.69 Å². The number of hydrogen-bond donors (Lipinski definition) is 1. The van der Waals surface area contributed by atoms with E-state index in [1.165, 1.54) is 0 Å². The highest BCUT2D eigenvalue weighted by Gasteiger charge is 2.11. The van der Waals surface area contributed by atoms with Crippen LogP contribution in [0.5, 0.6) is 0 Å². The molecule has 5 nitrogen and oxygen atoms in total. The fourth-order valence-electron chi connectivity index (χ4n) is 1.51.